The van der Waals surface area contributed by atoms with Crippen molar-refractivity contribution in [1.82, 2.24) is 0 Å². The van der Waals surface area contributed by atoms with Crippen molar-refractivity contribution in [1.29, 1.82) is 0 Å². The Balaban J connectivity index is 1.98. The van der Waals surface area contributed by atoms with E-state index in [-0.39, 0.29) is 12.6 Å². The molecule has 1 saturated carbocycles. The number of alkyl halides is 2. The summed E-state index contributed by atoms with van der Waals surface area (Å²) in [6, 6.07) is 0. The molecule has 1 aliphatic carbocycles. The number of rotatable bonds is 2. The highest BCUT2D eigenvalue weighted by molar-refractivity contribution is 4.85. The summed E-state index contributed by atoms with van der Waals surface area (Å²) < 4.78 is 23.1. The van der Waals surface area contributed by atoms with Gasteiger partial charge < -0.3 is 0 Å². The molecule has 2 atom stereocenters. The minimum absolute atomic E-state index is 0.0741. The summed E-state index contributed by atoms with van der Waals surface area (Å²) in [6.07, 6.45) is 0.362. The van der Waals surface area contributed by atoms with Gasteiger partial charge in [-0.15, -0.1) is 0 Å². The Bertz CT molecular complexity index is 63.1. The molecule has 0 radical (unpaired) electrons. The van der Waals surface area contributed by atoms with Gasteiger partial charge in [0.15, 0.2) is 0 Å². The first-order valence-corrected chi connectivity index (χ1v) is 2.54. The second kappa shape index (κ2) is 1.76. The van der Waals surface area contributed by atoms with Gasteiger partial charge in [-0.25, -0.2) is 4.39 Å². The van der Waals surface area contributed by atoms with Crippen LogP contribution in [0.1, 0.15) is 12.8 Å². The molecule has 0 aromatic heterocycles. The van der Waals surface area contributed by atoms with Crippen molar-refractivity contribution in [2.75, 3.05) is 6.67 Å². The van der Waals surface area contributed by atoms with E-state index in [0.717, 1.165) is 0 Å². The van der Waals surface area contributed by atoms with Gasteiger partial charge in [0, 0.05) is 0 Å². The molecule has 7 heavy (non-hydrogen) atoms. The Kier molecular flexibility index (Phi) is 1.26. The van der Waals surface area contributed by atoms with Crippen LogP contribution in [0.5, 0.6) is 0 Å². The van der Waals surface area contributed by atoms with Crippen LogP contribution in [-0.2, 0) is 0 Å². The topological polar surface area (TPSA) is 0 Å². The SMILES string of the molecule is FCCC1CC1F. The van der Waals surface area contributed by atoms with Crippen molar-refractivity contribution in [3.63, 3.8) is 0 Å². The zero-order valence-electron chi connectivity index (χ0n) is 4.03. The van der Waals surface area contributed by atoms with E-state index in [4.69, 9.17) is 0 Å². The highest BCUT2D eigenvalue weighted by atomic mass is 19.1. The molecule has 0 bridgehead atoms. The molecule has 2 heteroatoms. The molecule has 0 amide bonds. The third-order valence-corrected chi connectivity index (χ3v) is 1.32. The van der Waals surface area contributed by atoms with E-state index in [1.165, 1.54) is 0 Å². The molecule has 0 aromatic carbocycles. The minimum Gasteiger partial charge on any atom is -0.251 e. The van der Waals surface area contributed by atoms with E-state index < -0.39 is 6.17 Å². The van der Waals surface area contributed by atoms with E-state index in [9.17, 15) is 8.78 Å². The molecule has 0 aromatic rings. The number of halogens is 2. The highest BCUT2D eigenvalue weighted by Crippen LogP contribution is 2.36. The maximum absolute atomic E-state index is 11.8. The summed E-state index contributed by atoms with van der Waals surface area (Å²) in [7, 11) is 0. The van der Waals surface area contributed by atoms with Gasteiger partial charge >= 0.3 is 0 Å². The van der Waals surface area contributed by atoms with Crippen molar-refractivity contribution in [2.24, 2.45) is 5.92 Å². The molecule has 2 unspecified atom stereocenters. The molecule has 0 saturated heterocycles. The highest BCUT2D eigenvalue weighted by Gasteiger charge is 2.36. The molecule has 1 rings (SSSR count). The fourth-order valence-corrected chi connectivity index (χ4v) is 0.649. The Labute approximate surface area is 41.5 Å². The molecule has 1 aliphatic rings. The zero-order chi connectivity index (χ0) is 5.28. The van der Waals surface area contributed by atoms with Crippen LogP contribution >= 0.6 is 0 Å². The van der Waals surface area contributed by atoms with E-state index in [0.29, 0.717) is 12.8 Å². The molecule has 42 valence electrons. The van der Waals surface area contributed by atoms with Crippen LogP contribution in [0.25, 0.3) is 0 Å². The number of hydrogen-bond acceptors (Lipinski definition) is 0. The fourth-order valence-electron chi connectivity index (χ4n) is 0.649. The van der Waals surface area contributed by atoms with Crippen LogP contribution in [-0.4, -0.2) is 12.8 Å². The Hall–Kier alpha value is -0.140. The third kappa shape index (κ3) is 1.11. The first-order chi connectivity index (χ1) is 3.34. The van der Waals surface area contributed by atoms with Gasteiger partial charge in [0.25, 0.3) is 0 Å². The molecule has 0 heterocycles. The zero-order valence-corrected chi connectivity index (χ0v) is 4.03. The standard InChI is InChI=1S/C5H8F2/c6-2-1-4-3-5(4)7/h4-5H,1-3H2. The molecule has 1 fully saturated rings. The summed E-state index contributed by atoms with van der Waals surface area (Å²) in [5, 5.41) is 0. The summed E-state index contributed by atoms with van der Waals surface area (Å²) in [5.41, 5.74) is 0. The molecular formula is C5H8F2. The van der Waals surface area contributed by atoms with Crippen LogP contribution in [0.15, 0.2) is 0 Å². The van der Waals surface area contributed by atoms with Crippen LogP contribution < -0.4 is 0 Å². The Morgan fingerprint density at radius 3 is 2.29 bits per heavy atom. The average molecular weight is 106 g/mol. The lowest BCUT2D eigenvalue weighted by Crippen LogP contribution is -1.81. The van der Waals surface area contributed by atoms with Crippen LogP contribution in [0.2, 0.25) is 0 Å². The first-order valence-electron chi connectivity index (χ1n) is 2.54. The van der Waals surface area contributed by atoms with Gasteiger partial charge in [-0.2, -0.15) is 0 Å². The maximum atomic E-state index is 11.8. The van der Waals surface area contributed by atoms with E-state index in [1.807, 2.05) is 0 Å². The summed E-state index contributed by atoms with van der Waals surface area (Å²) in [4.78, 5) is 0. The second-order valence-electron chi connectivity index (χ2n) is 1.99. The summed E-state index contributed by atoms with van der Waals surface area (Å²) in [5.74, 6) is 0.0741. The first kappa shape index (κ1) is 5.01. The van der Waals surface area contributed by atoms with E-state index in [1.54, 1.807) is 0 Å². The smallest absolute Gasteiger partial charge is 0.103 e. The van der Waals surface area contributed by atoms with Gasteiger partial charge in [-0.1, -0.05) is 0 Å². The Morgan fingerprint density at radius 1 is 1.57 bits per heavy atom. The molecule has 0 N–H and O–H groups in total. The van der Waals surface area contributed by atoms with E-state index in [2.05, 4.69) is 0 Å². The van der Waals surface area contributed by atoms with Crippen LogP contribution in [0.4, 0.5) is 8.78 Å². The second-order valence-corrected chi connectivity index (χ2v) is 1.99. The lowest BCUT2D eigenvalue weighted by molar-refractivity contribution is 0.398. The van der Waals surface area contributed by atoms with Crippen molar-refractivity contribution in [2.45, 2.75) is 19.0 Å². The van der Waals surface area contributed by atoms with E-state index >= 15 is 0 Å². The molecule has 0 aliphatic heterocycles. The molecular weight excluding hydrogens is 98.1 g/mol. The van der Waals surface area contributed by atoms with Gasteiger partial charge in [0.1, 0.15) is 6.17 Å². The van der Waals surface area contributed by atoms with Crippen molar-refractivity contribution in [3.05, 3.63) is 0 Å². The van der Waals surface area contributed by atoms with Gasteiger partial charge in [-0.05, 0) is 18.8 Å². The lowest BCUT2D eigenvalue weighted by Gasteiger charge is -1.82. The largest absolute Gasteiger partial charge is 0.251 e. The quantitative estimate of drug-likeness (QED) is 0.502. The maximum Gasteiger partial charge on any atom is 0.103 e. The van der Waals surface area contributed by atoms with Gasteiger partial charge in [-0.3, -0.25) is 4.39 Å². The predicted molar refractivity (Wildman–Crippen MR) is 23.6 cm³/mol. The summed E-state index contributed by atoms with van der Waals surface area (Å²) in [6.45, 7) is -0.356. The monoisotopic (exact) mass is 106 g/mol. The van der Waals surface area contributed by atoms with Crippen molar-refractivity contribution < 1.29 is 8.78 Å². The Morgan fingerprint density at radius 2 is 2.14 bits per heavy atom. The molecule has 0 spiro atoms. The lowest BCUT2D eigenvalue weighted by atomic mass is 10.3. The van der Waals surface area contributed by atoms with Crippen molar-refractivity contribution in [3.8, 4) is 0 Å². The molecule has 0 nitrogen and oxygen atoms in total. The minimum atomic E-state index is -0.671. The number of hydrogen-bond donors (Lipinski definition) is 0. The summed E-state index contributed by atoms with van der Waals surface area (Å²) >= 11 is 0. The van der Waals surface area contributed by atoms with Gasteiger partial charge in [0.05, 0.1) is 6.67 Å². The van der Waals surface area contributed by atoms with Gasteiger partial charge in [0.2, 0.25) is 0 Å². The fraction of sp³-hybridized carbons (Fsp3) is 1.00. The van der Waals surface area contributed by atoms with Crippen LogP contribution in [0, 0.1) is 5.92 Å². The average Bonchev–Trinajstić information content (AvgIpc) is 2.22. The van der Waals surface area contributed by atoms with Crippen molar-refractivity contribution >= 4 is 0 Å². The third-order valence-electron chi connectivity index (χ3n) is 1.32. The van der Waals surface area contributed by atoms with Crippen LogP contribution in [0.3, 0.4) is 0 Å². The normalized spacial score (nSPS) is 38.6. The predicted octanol–water partition coefficient (Wildman–Crippen LogP) is 1.70.